The fourth-order valence-electron chi connectivity index (χ4n) is 3.37. The van der Waals surface area contributed by atoms with Crippen LogP contribution in [-0.2, 0) is 11.3 Å². The molecule has 0 aliphatic carbocycles. The van der Waals surface area contributed by atoms with Crippen molar-refractivity contribution in [3.8, 4) is 11.4 Å². The van der Waals surface area contributed by atoms with Crippen LogP contribution in [-0.4, -0.2) is 59.1 Å². The number of morpholine rings is 1. The lowest BCUT2D eigenvalue weighted by Gasteiger charge is -2.28. The molecule has 0 spiro atoms. The summed E-state index contributed by atoms with van der Waals surface area (Å²) in [6.45, 7) is 5.82. The van der Waals surface area contributed by atoms with Gasteiger partial charge in [-0.15, -0.1) is 0 Å². The van der Waals surface area contributed by atoms with Gasteiger partial charge >= 0.3 is 0 Å². The van der Waals surface area contributed by atoms with Crippen molar-refractivity contribution in [2.24, 2.45) is 10.7 Å². The Morgan fingerprint density at radius 2 is 2.10 bits per heavy atom. The lowest BCUT2D eigenvalue weighted by Crippen LogP contribution is -2.37. The van der Waals surface area contributed by atoms with Gasteiger partial charge in [-0.2, -0.15) is 0 Å². The summed E-state index contributed by atoms with van der Waals surface area (Å²) in [7, 11) is 1.72. The van der Waals surface area contributed by atoms with Crippen LogP contribution in [0.3, 0.4) is 0 Å². The van der Waals surface area contributed by atoms with E-state index >= 15 is 0 Å². The largest absolute Gasteiger partial charge is 0.398 e. The van der Waals surface area contributed by atoms with Gasteiger partial charge < -0.3 is 19.9 Å². The Kier molecular flexibility index (Phi) is 5.53. The Morgan fingerprint density at radius 1 is 1.28 bits per heavy atom. The standard InChI is InChI=1S/C21H25N7O/c1-3-27-14-24-18-20(27)25-19(26-21(18)28-9-11-29-12-10-28)16-6-4-5-15(13-16)17(22)7-8-23-2/h4-8,13-14H,3,9-12,22H2,1-2H3. The third kappa shape index (κ3) is 3.84. The summed E-state index contributed by atoms with van der Waals surface area (Å²) < 4.78 is 7.55. The molecule has 0 saturated carbocycles. The van der Waals surface area contributed by atoms with Gasteiger partial charge in [-0.05, 0) is 24.6 Å². The molecular weight excluding hydrogens is 366 g/mol. The van der Waals surface area contributed by atoms with E-state index in [2.05, 4.69) is 21.8 Å². The van der Waals surface area contributed by atoms with Crippen molar-refractivity contribution >= 4 is 28.9 Å². The molecule has 1 fully saturated rings. The molecule has 8 heteroatoms. The predicted molar refractivity (Wildman–Crippen MR) is 116 cm³/mol. The Hall–Kier alpha value is -3.26. The summed E-state index contributed by atoms with van der Waals surface area (Å²) in [6.07, 6.45) is 5.30. The van der Waals surface area contributed by atoms with E-state index in [0.717, 1.165) is 47.7 Å². The average molecular weight is 391 g/mol. The Bertz CT molecular complexity index is 1060. The fourth-order valence-corrected chi connectivity index (χ4v) is 3.37. The second kappa shape index (κ2) is 8.40. The molecule has 0 amide bonds. The Morgan fingerprint density at radius 3 is 2.86 bits per heavy atom. The van der Waals surface area contributed by atoms with Crippen LogP contribution in [0.4, 0.5) is 5.82 Å². The molecule has 1 saturated heterocycles. The van der Waals surface area contributed by atoms with E-state index in [-0.39, 0.29) is 0 Å². The second-order valence-corrected chi connectivity index (χ2v) is 6.78. The number of ether oxygens (including phenoxy) is 1. The van der Waals surface area contributed by atoms with E-state index in [1.165, 1.54) is 0 Å². The minimum atomic E-state index is 0.644. The highest BCUT2D eigenvalue weighted by atomic mass is 16.5. The number of aliphatic imine (C=N–C) groups is 1. The monoisotopic (exact) mass is 391 g/mol. The summed E-state index contributed by atoms with van der Waals surface area (Å²) >= 11 is 0. The molecular formula is C21H25N7O. The Labute approximate surface area is 169 Å². The van der Waals surface area contributed by atoms with E-state index in [1.54, 1.807) is 19.3 Å². The van der Waals surface area contributed by atoms with E-state index in [9.17, 15) is 0 Å². The minimum Gasteiger partial charge on any atom is -0.398 e. The molecule has 2 aromatic heterocycles. The molecule has 1 aliphatic heterocycles. The molecule has 150 valence electrons. The van der Waals surface area contributed by atoms with Crippen molar-refractivity contribution in [3.63, 3.8) is 0 Å². The highest BCUT2D eigenvalue weighted by molar-refractivity contribution is 5.87. The van der Waals surface area contributed by atoms with Crippen LogP contribution in [0.25, 0.3) is 28.2 Å². The predicted octanol–water partition coefficient (Wildman–Crippen LogP) is 2.35. The fraction of sp³-hybridized carbons (Fsp3) is 0.333. The molecule has 0 radical (unpaired) electrons. The van der Waals surface area contributed by atoms with Crippen LogP contribution in [0.2, 0.25) is 0 Å². The lowest BCUT2D eigenvalue weighted by atomic mass is 10.1. The van der Waals surface area contributed by atoms with Gasteiger partial charge in [-0.3, -0.25) is 4.99 Å². The number of nitrogens with two attached hydrogens (primary N) is 1. The van der Waals surface area contributed by atoms with Gasteiger partial charge in [0, 0.05) is 44.2 Å². The molecule has 0 unspecified atom stereocenters. The number of hydrogen-bond acceptors (Lipinski definition) is 7. The van der Waals surface area contributed by atoms with E-state index in [1.807, 2.05) is 35.2 Å². The van der Waals surface area contributed by atoms with Crippen LogP contribution in [0.15, 0.2) is 41.7 Å². The van der Waals surface area contributed by atoms with Crippen molar-refractivity contribution in [1.29, 1.82) is 0 Å². The molecule has 2 N–H and O–H groups in total. The van der Waals surface area contributed by atoms with E-state index in [4.69, 9.17) is 20.4 Å². The smallest absolute Gasteiger partial charge is 0.166 e. The van der Waals surface area contributed by atoms with Crippen molar-refractivity contribution in [1.82, 2.24) is 19.5 Å². The Balaban J connectivity index is 1.83. The number of allylic oxidation sites excluding steroid dienone is 1. The number of hydrogen-bond donors (Lipinski definition) is 1. The summed E-state index contributed by atoms with van der Waals surface area (Å²) in [4.78, 5) is 20.5. The first kappa shape index (κ1) is 19.1. The zero-order valence-corrected chi connectivity index (χ0v) is 16.7. The number of imidazole rings is 1. The van der Waals surface area contributed by atoms with Gasteiger partial charge in [0.25, 0.3) is 0 Å². The summed E-state index contributed by atoms with van der Waals surface area (Å²) in [5.74, 6) is 1.51. The van der Waals surface area contributed by atoms with Crippen molar-refractivity contribution in [2.45, 2.75) is 13.5 Å². The third-order valence-electron chi connectivity index (χ3n) is 4.95. The van der Waals surface area contributed by atoms with Gasteiger partial charge in [0.1, 0.15) is 0 Å². The van der Waals surface area contributed by atoms with Crippen LogP contribution >= 0.6 is 0 Å². The van der Waals surface area contributed by atoms with Crippen LogP contribution in [0, 0.1) is 0 Å². The molecule has 0 atom stereocenters. The maximum Gasteiger partial charge on any atom is 0.166 e. The van der Waals surface area contributed by atoms with E-state index in [0.29, 0.717) is 24.7 Å². The zero-order chi connectivity index (χ0) is 20.2. The van der Waals surface area contributed by atoms with Gasteiger partial charge in [-0.1, -0.05) is 18.2 Å². The van der Waals surface area contributed by atoms with Crippen molar-refractivity contribution in [2.75, 3.05) is 38.3 Å². The maximum absolute atomic E-state index is 6.19. The first-order chi connectivity index (χ1) is 14.2. The van der Waals surface area contributed by atoms with Gasteiger partial charge in [0.05, 0.1) is 19.5 Å². The van der Waals surface area contributed by atoms with Crippen LogP contribution < -0.4 is 10.6 Å². The molecule has 8 nitrogen and oxygen atoms in total. The number of fused-ring (bicyclic) bond motifs is 1. The number of aromatic nitrogens is 4. The quantitative estimate of drug-likeness (QED) is 0.671. The van der Waals surface area contributed by atoms with Gasteiger partial charge in [-0.25, -0.2) is 15.0 Å². The molecule has 4 rings (SSSR count). The lowest BCUT2D eigenvalue weighted by molar-refractivity contribution is 0.122. The van der Waals surface area contributed by atoms with Gasteiger partial charge in [0.2, 0.25) is 0 Å². The molecule has 0 bridgehead atoms. The normalized spacial score (nSPS) is 15.5. The first-order valence-corrected chi connectivity index (χ1v) is 9.75. The molecule has 29 heavy (non-hydrogen) atoms. The van der Waals surface area contributed by atoms with Gasteiger partial charge in [0.15, 0.2) is 22.8 Å². The zero-order valence-electron chi connectivity index (χ0n) is 16.7. The average Bonchev–Trinajstić information content (AvgIpc) is 3.20. The second-order valence-electron chi connectivity index (χ2n) is 6.78. The number of nitrogens with zero attached hydrogens (tertiary/aromatic N) is 6. The van der Waals surface area contributed by atoms with Crippen molar-refractivity contribution in [3.05, 3.63) is 42.2 Å². The highest BCUT2D eigenvalue weighted by Crippen LogP contribution is 2.28. The summed E-state index contributed by atoms with van der Waals surface area (Å²) in [6, 6.07) is 7.94. The maximum atomic E-state index is 6.19. The summed E-state index contributed by atoms with van der Waals surface area (Å²) in [5, 5.41) is 0. The minimum absolute atomic E-state index is 0.644. The number of benzene rings is 1. The number of rotatable bonds is 5. The molecule has 3 aromatic rings. The third-order valence-corrected chi connectivity index (χ3v) is 4.95. The van der Waals surface area contributed by atoms with Crippen LogP contribution in [0.5, 0.6) is 0 Å². The molecule has 1 aliphatic rings. The molecule has 3 heterocycles. The SMILES string of the molecule is CCn1cnc2c(N3CCOCC3)nc(-c3cccc(C(N)=CC=NC)c3)nc21. The van der Waals surface area contributed by atoms with Crippen molar-refractivity contribution < 1.29 is 4.74 Å². The highest BCUT2D eigenvalue weighted by Gasteiger charge is 2.21. The molecule has 1 aromatic carbocycles. The number of anilines is 1. The first-order valence-electron chi connectivity index (χ1n) is 9.75. The van der Waals surface area contributed by atoms with Crippen LogP contribution in [0.1, 0.15) is 12.5 Å². The topological polar surface area (TPSA) is 94.5 Å². The summed E-state index contributed by atoms with van der Waals surface area (Å²) in [5.41, 5.74) is 10.3. The van der Waals surface area contributed by atoms with E-state index < -0.39 is 0 Å². The number of aryl methyl sites for hydroxylation is 1.